The number of aliphatic hydroxyl groups excluding tert-OH is 1. The molecule has 1 heterocycles. The first-order chi connectivity index (χ1) is 20.3. The highest BCUT2D eigenvalue weighted by Crippen LogP contribution is 2.53. The Bertz CT molecular complexity index is 1350. The third-order valence-corrected chi connectivity index (χ3v) is 9.35. The zero-order valence-electron chi connectivity index (χ0n) is 29.3. The third kappa shape index (κ3) is 9.41. The first kappa shape index (κ1) is 35.8. The fourth-order valence-electron chi connectivity index (χ4n) is 7.71. The van der Waals surface area contributed by atoms with Gasteiger partial charge in [0.05, 0.1) is 23.4 Å². The van der Waals surface area contributed by atoms with E-state index in [1.54, 1.807) is 6.92 Å². The highest BCUT2D eigenvalue weighted by molar-refractivity contribution is 5.37. The quantitative estimate of drug-likeness (QED) is 0.166. The standard InChI is InChI=1S/C41H58O3/c1-29(18-14-19-31(3)22-23-36-39(8,9)27-34(42)28-40(36,10)43)16-12-13-17-30(2)20-15-21-33(5)35-24-37-38(6,7)25-32(4)26-41(37,11)44-35/h12-22,24,32,34-35,42-43H,25-28H2,1-11H3/b13-12+,18-14+,20-15+,29-16+,30-17+,31-19+,33-21+/t23?,32-,34-,35+,40+,41+/m0/s1. The molecular formula is C41H58O3. The molecule has 0 saturated heterocycles. The van der Waals surface area contributed by atoms with Crippen molar-refractivity contribution in [2.24, 2.45) is 16.7 Å². The maximum Gasteiger partial charge on any atom is 0.0982 e. The Morgan fingerprint density at radius 1 is 0.773 bits per heavy atom. The van der Waals surface area contributed by atoms with Crippen molar-refractivity contribution in [3.05, 3.63) is 112 Å². The minimum absolute atomic E-state index is 0.0524. The summed E-state index contributed by atoms with van der Waals surface area (Å²) in [5.74, 6) is 0.675. The van der Waals surface area contributed by atoms with Crippen molar-refractivity contribution in [3.8, 4) is 0 Å². The van der Waals surface area contributed by atoms with Gasteiger partial charge in [0.2, 0.25) is 0 Å². The molecule has 240 valence electrons. The second-order valence-electron chi connectivity index (χ2n) is 15.4. The number of allylic oxidation sites excluding steroid dienone is 13. The Balaban J connectivity index is 1.56. The van der Waals surface area contributed by atoms with Crippen LogP contribution in [0.1, 0.15) is 102 Å². The van der Waals surface area contributed by atoms with Crippen molar-refractivity contribution in [2.45, 2.75) is 125 Å². The van der Waals surface area contributed by atoms with E-state index in [0.717, 1.165) is 23.1 Å². The normalized spacial score (nSPS) is 33.2. The number of rotatable bonds is 8. The Hall–Kier alpha value is -2.68. The monoisotopic (exact) mass is 598 g/mol. The molecule has 2 aliphatic carbocycles. The number of ether oxygens (including phenoxy) is 1. The van der Waals surface area contributed by atoms with E-state index >= 15 is 0 Å². The molecule has 2 fully saturated rings. The van der Waals surface area contributed by atoms with E-state index in [1.807, 2.05) is 25.2 Å². The Morgan fingerprint density at radius 2 is 1.34 bits per heavy atom. The highest BCUT2D eigenvalue weighted by Gasteiger charge is 2.49. The zero-order chi connectivity index (χ0) is 32.9. The molecule has 0 spiro atoms. The smallest absolute Gasteiger partial charge is 0.0982 e. The molecule has 2 saturated carbocycles. The third-order valence-electron chi connectivity index (χ3n) is 9.35. The van der Waals surface area contributed by atoms with Crippen LogP contribution in [-0.2, 0) is 4.74 Å². The van der Waals surface area contributed by atoms with E-state index in [9.17, 15) is 10.2 Å². The van der Waals surface area contributed by atoms with Gasteiger partial charge < -0.3 is 14.9 Å². The molecular weight excluding hydrogens is 540 g/mol. The summed E-state index contributed by atoms with van der Waals surface area (Å²) in [6.45, 7) is 23.6. The summed E-state index contributed by atoms with van der Waals surface area (Å²) in [7, 11) is 0. The van der Waals surface area contributed by atoms with Gasteiger partial charge in [0, 0.05) is 12.0 Å². The van der Waals surface area contributed by atoms with Crippen molar-refractivity contribution in [3.63, 3.8) is 0 Å². The minimum Gasteiger partial charge on any atom is -0.393 e. The molecule has 1 aliphatic heterocycles. The fourth-order valence-corrected chi connectivity index (χ4v) is 7.71. The zero-order valence-corrected chi connectivity index (χ0v) is 29.3. The molecule has 0 bridgehead atoms. The Morgan fingerprint density at radius 3 is 1.93 bits per heavy atom. The highest BCUT2D eigenvalue weighted by atomic mass is 16.5. The molecule has 3 aliphatic rings. The predicted molar refractivity (Wildman–Crippen MR) is 187 cm³/mol. The van der Waals surface area contributed by atoms with Crippen LogP contribution in [0.5, 0.6) is 0 Å². The fraction of sp³-hybridized carbons (Fsp3) is 0.537. The van der Waals surface area contributed by atoms with Crippen molar-refractivity contribution in [1.82, 2.24) is 0 Å². The average molecular weight is 599 g/mol. The van der Waals surface area contributed by atoms with Crippen LogP contribution in [0.2, 0.25) is 0 Å². The SMILES string of the molecule is C\C(C=C=C1C(C)(C)C[C@H](O)C[C@@]1(C)O)=C/C=C/C(C)=C/C=C/C=C(C)/C=C/C=C(\C)[C@H]1C=C2C(C)(C)C[C@H](C)C[C@@]2(C)O1. The van der Waals surface area contributed by atoms with Gasteiger partial charge in [0.1, 0.15) is 0 Å². The summed E-state index contributed by atoms with van der Waals surface area (Å²) in [4.78, 5) is 0. The van der Waals surface area contributed by atoms with Crippen LogP contribution in [0.15, 0.2) is 112 Å². The second-order valence-corrected chi connectivity index (χ2v) is 15.4. The van der Waals surface area contributed by atoms with Crippen LogP contribution < -0.4 is 0 Å². The van der Waals surface area contributed by atoms with Crippen LogP contribution in [0.25, 0.3) is 0 Å². The molecule has 44 heavy (non-hydrogen) atoms. The summed E-state index contributed by atoms with van der Waals surface area (Å²) in [6, 6.07) is 0. The molecule has 0 unspecified atom stereocenters. The van der Waals surface area contributed by atoms with Gasteiger partial charge in [-0.2, -0.15) is 0 Å². The number of hydrogen-bond acceptors (Lipinski definition) is 3. The van der Waals surface area contributed by atoms with Gasteiger partial charge in [-0.25, -0.2) is 0 Å². The van der Waals surface area contributed by atoms with Gasteiger partial charge in [-0.1, -0.05) is 107 Å². The molecule has 3 rings (SSSR count). The van der Waals surface area contributed by atoms with E-state index in [0.29, 0.717) is 18.8 Å². The largest absolute Gasteiger partial charge is 0.393 e. The molecule has 0 aromatic carbocycles. The van der Waals surface area contributed by atoms with E-state index < -0.39 is 11.7 Å². The molecule has 0 aromatic rings. The molecule has 0 aromatic heterocycles. The van der Waals surface area contributed by atoms with Gasteiger partial charge in [0.15, 0.2) is 0 Å². The van der Waals surface area contributed by atoms with Crippen molar-refractivity contribution >= 4 is 0 Å². The summed E-state index contributed by atoms with van der Waals surface area (Å²) >= 11 is 0. The Labute approximate surface area is 268 Å². The summed E-state index contributed by atoms with van der Waals surface area (Å²) in [6.07, 6.45) is 28.1. The molecule has 3 nitrogen and oxygen atoms in total. The second kappa shape index (κ2) is 14.2. The van der Waals surface area contributed by atoms with Gasteiger partial charge in [-0.3, -0.25) is 0 Å². The number of fused-ring (bicyclic) bond motifs is 1. The number of aliphatic hydroxyl groups is 2. The lowest BCUT2D eigenvalue weighted by Crippen LogP contribution is -2.45. The van der Waals surface area contributed by atoms with E-state index in [2.05, 4.69) is 123 Å². The van der Waals surface area contributed by atoms with Crippen LogP contribution in [0, 0.1) is 16.7 Å². The van der Waals surface area contributed by atoms with Crippen LogP contribution in [-0.4, -0.2) is 33.6 Å². The van der Waals surface area contributed by atoms with E-state index in [4.69, 9.17) is 4.74 Å². The van der Waals surface area contributed by atoms with Crippen molar-refractivity contribution < 1.29 is 14.9 Å². The van der Waals surface area contributed by atoms with Gasteiger partial charge in [0.25, 0.3) is 0 Å². The molecule has 5 atom stereocenters. The predicted octanol–water partition coefficient (Wildman–Crippen LogP) is 9.99. The van der Waals surface area contributed by atoms with Crippen molar-refractivity contribution in [1.29, 1.82) is 0 Å². The van der Waals surface area contributed by atoms with E-state index in [-0.39, 0.29) is 22.5 Å². The van der Waals surface area contributed by atoms with Crippen LogP contribution in [0.4, 0.5) is 0 Å². The van der Waals surface area contributed by atoms with Gasteiger partial charge >= 0.3 is 0 Å². The van der Waals surface area contributed by atoms with Crippen LogP contribution in [0.3, 0.4) is 0 Å². The minimum atomic E-state index is -1.05. The summed E-state index contributed by atoms with van der Waals surface area (Å²) < 4.78 is 6.62. The number of hydrogen-bond donors (Lipinski definition) is 2. The lowest BCUT2D eigenvalue weighted by molar-refractivity contribution is -0.0440. The lowest BCUT2D eigenvalue weighted by Gasteiger charge is -2.45. The molecule has 3 heteroatoms. The van der Waals surface area contributed by atoms with Gasteiger partial charge in [-0.15, -0.1) is 5.73 Å². The summed E-state index contributed by atoms with van der Waals surface area (Å²) in [5.41, 5.74) is 8.99. The maximum atomic E-state index is 10.9. The molecule has 2 N–H and O–H groups in total. The summed E-state index contributed by atoms with van der Waals surface area (Å²) in [5, 5.41) is 21.0. The lowest BCUT2D eigenvalue weighted by atomic mass is 9.63. The van der Waals surface area contributed by atoms with E-state index in [1.165, 1.54) is 23.1 Å². The maximum absolute atomic E-state index is 10.9. The van der Waals surface area contributed by atoms with Crippen LogP contribution >= 0.6 is 0 Å². The Kier molecular flexibility index (Phi) is 11.5. The van der Waals surface area contributed by atoms with Crippen molar-refractivity contribution in [2.75, 3.05) is 0 Å². The average Bonchev–Trinajstić information content (AvgIpc) is 3.22. The first-order valence-corrected chi connectivity index (χ1v) is 16.3. The topological polar surface area (TPSA) is 49.7 Å². The molecule has 0 amide bonds. The molecule has 0 radical (unpaired) electrons. The van der Waals surface area contributed by atoms with Gasteiger partial charge in [-0.05, 0) is 106 Å². The first-order valence-electron chi connectivity index (χ1n) is 16.3.